The fraction of sp³-hybridized carbons (Fsp3) is 0.333. The van der Waals surface area contributed by atoms with Crippen LogP contribution in [0.25, 0.3) is 11.4 Å². The lowest BCUT2D eigenvalue weighted by molar-refractivity contribution is 0.619. The molecular formula is C15H16ClFN2. The zero-order chi connectivity index (χ0) is 14.2. The minimum absolute atomic E-state index is 0.260. The van der Waals surface area contributed by atoms with Gasteiger partial charge in [0.2, 0.25) is 0 Å². The molecule has 0 fully saturated rings. The Kier molecular flexibility index (Phi) is 3.85. The van der Waals surface area contributed by atoms with Gasteiger partial charge in [-0.1, -0.05) is 37.6 Å². The number of hydrogen-bond acceptors (Lipinski definition) is 2. The Bertz CT molecular complexity index is 601. The van der Waals surface area contributed by atoms with E-state index >= 15 is 0 Å². The van der Waals surface area contributed by atoms with E-state index in [0.717, 1.165) is 11.3 Å². The Labute approximate surface area is 117 Å². The van der Waals surface area contributed by atoms with Crippen molar-refractivity contribution in [2.24, 2.45) is 0 Å². The maximum atomic E-state index is 13.6. The van der Waals surface area contributed by atoms with E-state index in [4.69, 9.17) is 11.6 Å². The predicted molar refractivity (Wildman–Crippen MR) is 76.0 cm³/mol. The lowest BCUT2D eigenvalue weighted by atomic mass is 10.0. The number of aryl methyl sites for hydroxylation is 2. The Morgan fingerprint density at radius 2 is 1.84 bits per heavy atom. The quantitative estimate of drug-likeness (QED) is 0.746. The molecule has 0 bridgehead atoms. The van der Waals surface area contributed by atoms with Gasteiger partial charge in [0.25, 0.3) is 0 Å². The lowest BCUT2D eigenvalue weighted by Gasteiger charge is -2.12. The molecule has 4 heteroatoms. The fourth-order valence-corrected chi connectivity index (χ4v) is 2.50. The minimum Gasteiger partial charge on any atom is -0.233 e. The second-order valence-electron chi connectivity index (χ2n) is 4.96. The van der Waals surface area contributed by atoms with Gasteiger partial charge in [-0.05, 0) is 31.4 Å². The van der Waals surface area contributed by atoms with Crippen molar-refractivity contribution in [3.63, 3.8) is 0 Å². The van der Waals surface area contributed by atoms with Crippen molar-refractivity contribution in [2.75, 3.05) is 0 Å². The normalized spacial score (nSPS) is 11.1. The summed E-state index contributed by atoms with van der Waals surface area (Å²) in [5.74, 6) is 0.463. The predicted octanol–water partition coefficient (Wildman–Crippen LogP) is 4.68. The van der Waals surface area contributed by atoms with Gasteiger partial charge in [-0.2, -0.15) is 0 Å². The first-order valence-corrected chi connectivity index (χ1v) is 6.58. The van der Waals surface area contributed by atoms with Gasteiger partial charge in [-0.25, -0.2) is 14.4 Å². The molecule has 0 radical (unpaired) electrons. The van der Waals surface area contributed by atoms with Crippen LogP contribution in [0.4, 0.5) is 4.39 Å². The van der Waals surface area contributed by atoms with Crippen molar-refractivity contribution in [1.82, 2.24) is 9.97 Å². The topological polar surface area (TPSA) is 25.8 Å². The van der Waals surface area contributed by atoms with Crippen LogP contribution in [0, 0.1) is 19.7 Å². The molecule has 0 unspecified atom stereocenters. The van der Waals surface area contributed by atoms with Gasteiger partial charge in [0.05, 0.1) is 0 Å². The second-order valence-corrected chi connectivity index (χ2v) is 5.31. The summed E-state index contributed by atoms with van der Waals surface area (Å²) < 4.78 is 13.6. The highest BCUT2D eigenvalue weighted by atomic mass is 35.5. The summed E-state index contributed by atoms with van der Waals surface area (Å²) in [5, 5.41) is 0.443. The van der Waals surface area contributed by atoms with Crippen LogP contribution in [0.2, 0.25) is 5.15 Å². The van der Waals surface area contributed by atoms with E-state index in [2.05, 4.69) is 9.97 Å². The first-order chi connectivity index (χ1) is 8.90. The molecule has 0 aliphatic heterocycles. The summed E-state index contributed by atoms with van der Waals surface area (Å²) >= 11 is 6.21. The monoisotopic (exact) mass is 278 g/mol. The molecule has 19 heavy (non-hydrogen) atoms. The smallest absolute Gasteiger partial charge is 0.161 e. The van der Waals surface area contributed by atoms with Crippen LogP contribution in [-0.2, 0) is 0 Å². The first-order valence-electron chi connectivity index (χ1n) is 6.20. The third-order valence-electron chi connectivity index (χ3n) is 3.10. The van der Waals surface area contributed by atoms with E-state index in [9.17, 15) is 4.39 Å². The Hall–Kier alpha value is -1.48. The molecule has 0 N–H and O–H groups in total. The number of hydrogen-bond donors (Lipinski definition) is 0. The van der Waals surface area contributed by atoms with Gasteiger partial charge in [-0.3, -0.25) is 0 Å². The van der Waals surface area contributed by atoms with Crippen molar-refractivity contribution in [2.45, 2.75) is 33.6 Å². The van der Waals surface area contributed by atoms with Crippen molar-refractivity contribution >= 4 is 11.6 Å². The van der Waals surface area contributed by atoms with E-state index in [0.29, 0.717) is 22.1 Å². The Morgan fingerprint density at radius 1 is 1.16 bits per heavy atom. The van der Waals surface area contributed by atoms with E-state index in [1.54, 1.807) is 19.1 Å². The summed E-state index contributed by atoms with van der Waals surface area (Å²) in [6, 6.07) is 4.96. The van der Waals surface area contributed by atoms with Crippen LogP contribution in [0.1, 0.15) is 36.6 Å². The van der Waals surface area contributed by atoms with Crippen molar-refractivity contribution < 1.29 is 4.39 Å². The third-order valence-corrected chi connectivity index (χ3v) is 3.39. The molecule has 0 atom stereocenters. The first kappa shape index (κ1) is 13.9. The highest BCUT2D eigenvalue weighted by Crippen LogP contribution is 2.28. The van der Waals surface area contributed by atoms with Crippen LogP contribution in [0.15, 0.2) is 18.2 Å². The Morgan fingerprint density at radius 3 is 2.37 bits per heavy atom. The van der Waals surface area contributed by atoms with Crippen molar-refractivity contribution in [3.8, 4) is 11.4 Å². The molecular weight excluding hydrogens is 263 g/mol. The van der Waals surface area contributed by atoms with Gasteiger partial charge >= 0.3 is 0 Å². The molecule has 0 aliphatic carbocycles. The molecule has 0 saturated carbocycles. The zero-order valence-electron chi connectivity index (χ0n) is 11.5. The third kappa shape index (κ3) is 2.76. The maximum Gasteiger partial charge on any atom is 0.161 e. The molecule has 2 aromatic rings. The van der Waals surface area contributed by atoms with E-state index in [1.165, 1.54) is 6.07 Å². The van der Waals surface area contributed by atoms with Crippen LogP contribution in [0.3, 0.4) is 0 Å². The minimum atomic E-state index is -0.261. The number of aromatic nitrogens is 2. The van der Waals surface area contributed by atoms with E-state index < -0.39 is 0 Å². The molecule has 0 saturated heterocycles. The SMILES string of the molecule is Cc1ccc(-c2nc(C)c(C(C)C)c(Cl)n2)cc1F. The second kappa shape index (κ2) is 5.25. The van der Waals surface area contributed by atoms with Gasteiger partial charge in [0, 0.05) is 16.8 Å². The zero-order valence-corrected chi connectivity index (χ0v) is 12.2. The lowest BCUT2D eigenvalue weighted by Crippen LogP contribution is -2.02. The largest absolute Gasteiger partial charge is 0.233 e. The molecule has 2 nitrogen and oxygen atoms in total. The van der Waals surface area contributed by atoms with E-state index in [-0.39, 0.29) is 11.7 Å². The average Bonchev–Trinajstić information content (AvgIpc) is 2.31. The molecule has 1 heterocycles. The van der Waals surface area contributed by atoms with Gasteiger partial charge in [-0.15, -0.1) is 0 Å². The number of halogens is 2. The number of benzene rings is 1. The molecule has 0 spiro atoms. The highest BCUT2D eigenvalue weighted by molar-refractivity contribution is 6.30. The summed E-state index contributed by atoms with van der Waals surface area (Å²) in [7, 11) is 0. The summed E-state index contributed by atoms with van der Waals surface area (Å²) in [5.41, 5.74) is 3.03. The number of nitrogens with zero attached hydrogens (tertiary/aromatic N) is 2. The summed E-state index contributed by atoms with van der Waals surface area (Å²) in [4.78, 5) is 8.72. The van der Waals surface area contributed by atoms with Gasteiger partial charge in [0.15, 0.2) is 5.82 Å². The Balaban J connectivity index is 2.55. The van der Waals surface area contributed by atoms with Crippen LogP contribution >= 0.6 is 11.6 Å². The number of rotatable bonds is 2. The molecule has 100 valence electrons. The summed E-state index contributed by atoms with van der Waals surface area (Å²) in [6.45, 7) is 7.71. The highest BCUT2D eigenvalue weighted by Gasteiger charge is 2.14. The molecule has 2 rings (SSSR count). The van der Waals surface area contributed by atoms with Gasteiger partial charge < -0.3 is 0 Å². The molecule has 0 aliphatic rings. The molecule has 0 amide bonds. The average molecular weight is 279 g/mol. The van der Waals surface area contributed by atoms with Crippen molar-refractivity contribution in [1.29, 1.82) is 0 Å². The molecule has 1 aromatic carbocycles. The van der Waals surface area contributed by atoms with Crippen LogP contribution < -0.4 is 0 Å². The summed E-state index contributed by atoms with van der Waals surface area (Å²) in [6.07, 6.45) is 0. The van der Waals surface area contributed by atoms with Crippen LogP contribution in [0.5, 0.6) is 0 Å². The fourth-order valence-electron chi connectivity index (χ4n) is 2.06. The van der Waals surface area contributed by atoms with Crippen molar-refractivity contribution in [3.05, 3.63) is 46.0 Å². The van der Waals surface area contributed by atoms with Crippen LogP contribution in [-0.4, -0.2) is 9.97 Å². The standard InChI is InChI=1S/C15H16ClFN2/c1-8(2)13-10(4)18-15(19-14(13)16)11-6-5-9(3)12(17)7-11/h5-8H,1-4H3. The molecule has 1 aromatic heterocycles. The maximum absolute atomic E-state index is 13.6. The van der Waals surface area contributed by atoms with E-state index in [1.807, 2.05) is 20.8 Å². The van der Waals surface area contributed by atoms with Gasteiger partial charge in [0.1, 0.15) is 11.0 Å².